The van der Waals surface area contributed by atoms with Crippen molar-refractivity contribution in [1.29, 1.82) is 0 Å². The molecule has 0 unspecified atom stereocenters. The number of amides is 1. The average Bonchev–Trinajstić information content (AvgIpc) is 3.08. The van der Waals surface area contributed by atoms with Crippen LogP contribution >= 0.6 is 0 Å². The van der Waals surface area contributed by atoms with Gasteiger partial charge in [0, 0.05) is 23.3 Å². The van der Waals surface area contributed by atoms with Crippen LogP contribution in [0.1, 0.15) is 21.7 Å². The van der Waals surface area contributed by atoms with Gasteiger partial charge in [-0.05, 0) is 74.5 Å². The van der Waals surface area contributed by atoms with Crippen molar-refractivity contribution in [2.24, 2.45) is 0 Å². The first-order chi connectivity index (χ1) is 15.7. The molecule has 2 aromatic heterocycles. The van der Waals surface area contributed by atoms with Crippen molar-refractivity contribution < 1.29 is 17.6 Å². The molecule has 33 heavy (non-hydrogen) atoms. The van der Waals surface area contributed by atoms with Gasteiger partial charge >= 0.3 is 0 Å². The van der Waals surface area contributed by atoms with Crippen molar-refractivity contribution in [1.82, 2.24) is 9.55 Å². The first kappa shape index (κ1) is 22.2. The number of carbonyl (C=O) groups excluding carboxylic acids is 1. The van der Waals surface area contributed by atoms with Crippen molar-refractivity contribution in [3.63, 3.8) is 0 Å². The minimum atomic E-state index is -3.91. The lowest BCUT2D eigenvalue weighted by atomic mass is 10.2. The van der Waals surface area contributed by atoms with E-state index < -0.39 is 15.8 Å². The molecular formula is C24H21FN4O3S. The van der Waals surface area contributed by atoms with Crippen LogP contribution in [0, 0.1) is 19.7 Å². The Morgan fingerprint density at radius 3 is 2.39 bits per heavy atom. The number of nitrogens with zero attached hydrogens (tertiary/aromatic N) is 2. The van der Waals surface area contributed by atoms with Crippen molar-refractivity contribution in [3.8, 4) is 5.69 Å². The predicted octanol–water partition coefficient (Wildman–Crippen LogP) is 4.68. The molecule has 0 bridgehead atoms. The molecule has 0 saturated carbocycles. The number of pyridine rings is 1. The number of aromatic nitrogens is 2. The second-order valence-corrected chi connectivity index (χ2v) is 9.11. The molecule has 4 rings (SSSR count). The van der Waals surface area contributed by atoms with E-state index in [1.165, 1.54) is 42.5 Å². The van der Waals surface area contributed by atoms with Crippen LogP contribution in [0.4, 0.5) is 15.8 Å². The van der Waals surface area contributed by atoms with Gasteiger partial charge in [-0.2, -0.15) is 0 Å². The van der Waals surface area contributed by atoms with E-state index in [2.05, 4.69) is 15.0 Å². The summed E-state index contributed by atoms with van der Waals surface area (Å²) in [4.78, 5) is 17.0. The smallest absolute Gasteiger partial charge is 0.261 e. The van der Waals surface area contributed by atoms with Crippen LogP contribution < -0.4 is 10.0 Å². The van der Waals surface area contributed by atoms with Crippen LogP contribution in [-0.2, 0) is 10.0 Å². The number of hydrogen-bond donors (Lipinski definition) is 2. The highest BCUT2D eigenvalue weighted by Gasteiger charge is 2.18. The van der Waals surface area contributed by atoms with E-state index in [-0.39, 0.29) is 16.5 Å². The number of carbonyl (C=O) groups is 1. The molecule has 7 nitrogen and oxygen atoms in total. The number of halogens is 1. The summed E-state index contributed by atoms with van der Waals surface area (Å²) in [5.41, 5.74) is 3.56. The summed E-state index contributed by atoms with van der Waals surface area (Å²) in [6, 6.07) is 16.5. The highest BCUT2D eigenvalue weighted by atomic mass is 32.2. The topological polar surface area (TPSA) is 93.1 Å². The van der Waals surface area contributed by atoms with Crippen molar-refractivity contribution in [3.05, 3.63) is 102 Å². The maximum Gasteiger partial charge on any atom is 0.261 e. The molecule has 2 aromatic carbocycles. The van der Waals surface area contributed by atoms with Gasteiger partial charge in [-0.25, -0.2) is 12.8 Å². The first-order valence-corrected chi connectivity index (χ1v) is 11.5. The lowest BCUT2D eigenvalue weighted by Crippen LogP contribution is -2.15. The second-order valence-electron chi connectivity index (χ2n) is 7.43. The molecule has 0 atom stereocenters. The molecule has 0 aliphatic heterocycles. The van der Waals surface area contributed by atoms with Gasteiger partial charge in [0.2, 0.25) is 0 Å². The quantitative estimate of drug-likeness (QED) is 0.433. The van der Waals surface area contributed by atoms with Crippen LogP contribution in [0.15, 0.2) is 84.0 Å². The number of benzene rings is 2. The third kappa shape index (κ3) is 4.78. The molecule has 2 N–H and O–H groups in total. The van der Waals surface area contributed by atoms with Gasteiger partial charge in [0.05, 0.1) is 28.0 Å². The lowest BCUT2D eigenvalue weighted by Gasteiger charge is -2.10. The largest absolute Gasteiger partial charge is 0.322 e. The Balaban J connectivity index is 1.51. The lowest BCUT2D eigenvalue weighted by molar-refractivity contribution is 0.102. The Hall–Kier alpha value is -3.98. The molecule has 0 aliphatic rings. The summed E-state index contributed by atoms with van der Waals surface area (Å²) in [6.07, 6.45) is 3.40. The van der Waals surface area contributed by atoms with Gasteiger partial charge < -0.3 is 9.88 Å². The molecule has 0 spiro atoms. The third-order valence-electron chi connectivity index (χ3n) is 5.08. The highest BCUT2D eigenvalue weighted by Crippen LogP contribution is 2.23. The van der Waals surface area contributed by atoms with Gasteiger partial charge in [-0.3, -0.25) is 14.5 Å². The second kappa shape index (κ2) is 8.87. The normalized spacial score (nSPS) is 11.2. The van der Waals surface area contributed by atoms with Gasteiger partial charge in [0.25, 0.3) is 15.9 Å². The summed E-state index contributed by atoms with van der Waals surface area (Å²) in [5, 5.41) is 2.79. The van der Waals surface area contributed by atoms with E-state index in [4.69, 9.17) is 0 Å². The van der Waals surface area contributed by atoms with E-state index in [0.29, 0.717) is 11.3 Å². The van der Waals surface area contributed by atoms with Crippen LogP contribution in [-0.4, -0.2) is 23.9 Å². The molecule has 2 heterocycles. The standard InChI is InChI=1S/C24H21FN4O3S/c1-16-13-23(17(2)29(16)21-7-4-12-26-15-21)24(30)27-19-8-10-22(11-9-19)33(31,32)28-20-6-3-5-18(25)14-20/h3-15,28H,1-2H3,(H,27,30). The van der Waals surface area contributed by atoms with E-state index in [0.717, 1.165) is 23.1 Å². The van der Waals surface area contributed by atoms with Crippen LogP contribution in [0.3, 0.4) is 0 Å². The molecule has 0 radical (unpaired) electrons. The summed E-state index contributed by atoms with van der Waals surface area (Å²) < 4.78 is 42.7. The van der Waals surface area contributed by atoms with Gasteiger partial charge in [-0.1, -0.05) is 6.07 Å². The van der Waals surface area contributed by atoms with Gasteiger partial charge in [-0.15, -0.1) is 0 Å². The van der Waals surface area contributed by atoms with Crippen molar-refractivity contribution in [2.75, 3.05) is 10.0 Å². The van der Waals surface area contributed by atoms with E-state index in [9.17, 15) is 17.6 Å². The first-order valence-electron chi connectivity index (χ1n) is 10.0. The zero-order valence-corrected chi connectivity index (χ0v) is 18.7. The molecule has 4 aromatic rings. The molecule has 0 fully saturated rings. The number of aryl methyl sites for hydroxylation is 1. The summed E-state index contributed by atoms with van der Waals surface area (Å²) in [7, 11) is -3.91. The predicted molar refractivity (Wildman–Crippen MR) is 125 cm³/mol. The zero-order chi connectivity index (χ0) is 23.6. The maximum atomic E-state index is 13.3. The molecule has 9 heteroatoms. The van der Waals surface area contributed by atoms with E-state index >= 15 is 0 Å². The highest BCUT2D eigenvalue weighted by molar-refractivity contribution is 7.92. The fraction of sp³-hybridized carbons (Fsp3) is 0.0833. The fourth-order valence-electron chi connectivity index (χ4n) is 3.56. The van der Waals surface area contributed by atoms with Crippen LogP contribution in [0.5, 0.6) is 0 Å². The van der Waals surface area contributed by atoms with E-state index in [1.807, 2.05) is 30.5 Å². The molecular weight excluding hydrogens is 443 g/mol. The third-order valence-corrected chi connectivity index (χ3v) is 6.48. The number of anilines is 2. The zero-order valence-electron chi connectivity index (χ0n) is 17.9. The number of sulfonamides is 1. The maximum absolute atomic E-state index is 13.3. The number of nitrogens with one attached hydrogen (secondary N) is 2. The minimum absolute atomic E-state index is 0.0143. The SMILES string of the molecule is Cc1cc(C(=O)Nc2ccc(S(=O)(=O)Nc3cccc(F)c3)cc2)c(C)n1-c1cccnc1. The molecule has 1 amide bonds. The Labute approximate surface area is 191 Å². The Bertz CT molecular complexity index is 1420. The Morgan fingerprint density at radius 1 is 0.970 bits per heavy atom. The van der Waals surface area contributed by atoms with E-state index in [1.54, 1.807) is 18.5 Å². The minimum Gasteiger partial charge on any atom is -0.322 e. The Morgan fingerprint density at radius 2 is 1.73 bits per heavy atom. The fourth-order valence-corrected chi connectivity index (χ4v) is 4.61. The molecule has 0 saturated heterocycles. The number of rotatable bonds is 6. The van der Waals surface area contributed by atoms with Gasteiger partial charge in [0.1, 0.15) is 5.82 Å². The number of hydrogen-bond acceptors (Lipinski definition) is 4. The van der Waals surface area contributed by atoms with Crippen LogP contribution in [0.2, 0.25) is 0 Å². The average molecular weight is 465 g/mol. The summed E-state index contributed by atoms with van der Waals surface area (Å²) in [5.74, 6) is -0.858. The van der Waals surface area contributed by atoms with Crippen LogP contribution in [0.25, 0.3) is 5.69 Å². The molecule has 0 aliphatic carbocycles. The monoisotopic (exact) mass is 464 g/mol. The Kier molecular flexibility index (Phi) is 5.97. The summed E-state index contributed by atoms with van der Waals surface area (Å²) in [6.45, 7) is 3.75. The van der Waals surface area contributed by atoms with Crippen molar-refractivity contribution in [2.45, 2.75) is 18.7 Å². The van der Waals surface area contributed by atoms with Gasteiger partial charge in [0.15, 0.2) is 0 Å². The molecule has 168 valence electrons. The van der Waals surface area contributed by atoms with Crippen molar-refractivity contribution >= 4 is 27.3 Å². The summed E-state index contributed by atoms with van der Waals surface area (Å²) >= 11 is 0.